The van der Waals surface area contributed by atoms with Gasteiger partial charge in [0.2, 0.25) is 0 Å². The maximum Gasteiger partial charge on any atom is 0.387 e. The fourth-order valence-electron chi connectivity index (χ4n) is 5.51. The summed E-state index contributed by atoms with van der Waals surface area (Å²) in [4.78, 5) is 17.3. The standard InChI is InChI=1S/C26H31F2N3O2/c27-26(28)33-23-5-1-3-18(13-23)16-30-11-8-19(9-12-30)20-6-7-24-21(14-20)17-31(25(24)32)22-4-2-10-29-15-22/h1,3,5-7,13-14,19,22,26,29H,2,4,8-12,15-17H2. The van der Waals surface area contributed by atoms with Gasteiger partial charge in [-0.15, -0.1) is 0 Å². The van der Waals surface area contributed by atoms with E-state index < -0.39 is 6.61 Å². The third-order valence-electron chi connectivity index (χ3n) is 7.26. The minimum atomic E-state index is -2.80. The molecule has 1 atom stereocenters. The molecule has 2 fully saturated rings. The average molecular weight is 456 g/mol. The molecule has 2 aromatic carbocycles. The molecule has 1 N–H and O–H groups in total. The van der Waals surface area contributed by atoms with Gasteiger partial charge in [-0.05, 0) is 86.1 Å². The Morgan fingerprint density at radius 1 is 1.09 bits per heavy atom. The summed E-state index contributed by atoms with van der Waals surface area (Å²) in [6.07, 6.45) is 4.31. The second-order valence-electron chi connectivity index (χ2n) is 9.43. The van der Waals surface area contributed by atoms with Gasteiger partial charge >= 0.3 is 6.61 Å². The molecule has 1 amide bonds. The predicted octanol–water partition coefficient (Wildman–Crippen LogP) is 4.38. The van der Waals surface area contributed by atoms with Gasteiger partial charge in [0, 0.05) is 31.2 Å². The van der Waals surface area contributed by atoms with Crippen LogP contribution in [0.1, 0.15) is 58.6 Å². The van der Waals surface area contributed by atoms with Crippen molar-refractivity contribution in [2.75, 3.05) is 26.2 Å². The number of nitrogens with zero attached hydrogens (tertiary/aromatic N) is 2. The monoisotopic (exact) mass is 455 g/mol. The maximum absolute atomic E-state index is 12.9. The van der Waals surface area contributed by atoms with Gasteiger partial charge in [-0.2, -0.15) is 8.78 Å². The van der Waals surface area contributed by atoms with Crippen molar-refractivity contribution in [2.24, 2.45) is 0 Å². The smallest absolute Gasteiger partial charge is 0.387 e. The van der Waals surface area contributed by atoms with Crippen molar-refractivity contribution in [2.45, 2.75) is 57.3 Å². The minimum Gasteiger partial charge on any atom is -0.435 e. The van der Waals surface area contributed by atoms with E-state index in [1.54, 1.807) is 18.2 Å². The first kappa shape index (κ1) is 22.3. The van der Waals surface area contributed by atoms with Gasteiger partial charge in [-0.25, -0.2) is 0 Å². The number of alkyl halides is 2. The number of fused-ring (bicyclic) bond motifs is 1. The zero-order valence-electron chi connectivity index (χ0n) is 18.8. The summed E-state index contributed by atoms with van der Waals surface area (Å²) in [5.41, 5.74) is 4.35. The van der Waals surface area contributed by atoms with Crippen LogP contribution in [0.5, 0.6) is 5.75 Å². The lowest BCUT2D eigenvalue weighted by atomic mass is 9.87. The Morgan fingerprint density at radius 3 is 2.70 bits per heavy atom. The van der Waals surface area contributed by atoms with Gasteiger partial charge in [-0.3, -0.25) is 9.69 Å². The molecule has 3 heterocycles. The molecule has 1 unspecified atom stereocenters. The highest BCUT2D eigenvalue weighted by molar-refractivity contribution is 5.98. The van der Waals surface area contributed by atoms with Crippen LogP contribution in [0.4, 0.5) is 8.78 Å². The van der Waals surface area contributed by atoms with Gasteiger partial charge in [0.15, 0.2) is 0 Å². The first-order valence-corrected chi connectivity index (χ1v) is 12.0. The van der Waals surface area contributed by atoms with Crippen LogP contribution in [0.25, 0.3) is 0 Å². The van der Waals surface area contributed by atoms with E-state index in [-0.39, 0.29) is 11.7 Å². The molecule has 0 saturated carbocycles. The Kier molecular flexibility index (Phi) is 6.60. The Labute approximate surface area is 193 Å². The van der Waals surface area contributed by atoms with Crippen LogP contribution < -0.4 is 10.1 Å². The largest absolute Gasteiger partial charge is 0.435 e. The predicted molar refractivity (Wildman–Crippen MR) is 123 cm³/mol. The van der Waals surface area contributed by atoms with E-state index in [0.717, 1.165) is 76.1 Å². The third-order valence-corrected chi connectivity index (χ3v) is 7.26. The van der Waals surface area contributed by atoms with Crippen LogP contribution in [0, 0.1) is 0 Å². The van der Waals surface area contributed by atoms with Crippen LogP contribution >= 0.6 is 0 Å². The van der Waals surface area contributed by atoms with Crippen molar-refractivity contribution >= 4 is 5.91 Å². The Morgan fingerprint density at radius 2 is 1.94 bits per heavy atom. The molecule has 0 spiro atoms. The third kappa shape index (κ3) is 5.04. The molecule has 0 aliphatic carbocycles. The number of halogens is 2. The molecule has 3 aliphatic rings. The SMILES string of the molecule is O=C1c2ccc(C3CCN(Cc4cccc(OC(F)F)c4)CC3)cc2CN1C1CCCNC1. The molecular formula is C26H31F2N3O2. The quantitative estimate of drug-likeness (QED) is 0.703. The van der Waals surface area contributed by atoms with Crippen molar-refractivity contribution in [3.8, 4) is 5.75 Å². The second kappa shape index (κ2) is 9.77. The highest BCUT2D eigenvalue weighted by atomic mass is 19.3. The van der Waals surface area contributed by atoms with Crippen LogP contribution in [0.15, 0.2) is 42.5 Å². The minimum absolute atomic E-state index is 0.179. The van der Waals surface area contributed by atoms with E-state index in [2.05, 4.69) is 32.0 Å². The number of nitrogens with one attached hydrogen (secondary N) is 1. The number of hydrogen-bond acceptors (Lipinski definition) is 4. The topological polar surface area (TPSA) is 44.8 Å². The highest BCUT2D eigenvalue weighted by Gasteiger charge is 2.34. The molecule has 2 saturated heterocycles. The van der Waals surface area contributed by atoms with Gasteiger partial charge in [-0.1, -0.05) is 24.3 Å². The number of hydrogen-bond donors (Lipinski definition) is 1. The molecule has 0 aromatic heterocycles. The number of piperidine rings is 2. The van der Waals surface area contributed by atoms with Crippen LogP contribution in [-0.4, -0.2) is 54.5 Å². The summed E-state index contributed by atoms with van der Waals surface area (Å²) in [6, 6.07) is 13.7. The number of benzene rings is 2. The Balaban J connectivity index is 1.18. The number of ether oxygens (including phenoxy) is 1. The van der Waals surface area contributed by atoms with E-state index >= 15 is 0 Å². The normalized spacial score (nSPS) is 22.1. The number of amides is 1. The van der Waals surface area contributed by atoms with Crippen molar-refractivity contribution < 1.29 is 18.3 Å². The number of carbonyl (C=O) groups excluding carboxylic acids is 1. The second-order valence-corrected chi connectivity index (χ2v) is 9.43. The number of rotatable bonds is 6. The molecule has 0 radical (unpaired) electrons. The summed E-state index contributed by atoms with van der Waals surface area (Å²) in [5.74, 6) is 0.877. The van der Waals surface area contributed by atoms with Crippen LogP contribution in [-0.2, 0) is 13.1 Å². The molecule has 2 aromatic rings. The lowest BCUT2D eigenvalue weighted by molar-refractivity contribution is -0.0499. The first-order valence-electron chi connectivity index (χ1n) is 12.0. The summed E-state index contributed by atoms with van der Waals surface area (Å²) < 4.78 is 29.5. The summed E-state index contributed by atoms with van der Waals surface area (Å²) >= 11 is 0. The van der Waals surface area contributed by atoms with Crippen LogP contribution in [0.3, 0.4) is 0 Å². The van der Waals surface area contributed by atoms with Gasteiger partial charge in [0.05, 0.1) is 0 Å². The van der Waals surface area contributed by atoms with E-state index in [0.29, 0.717) is 12.0 Å². The van der Waals surface area contributed by atoms with Crippen molar-refractivity contribution in [3.05, 3.63) is 64.7 Å². The van der Waals surface area contributed by atoms with E-state index in [9.17, 15) is 13.6 Å². The Bertz CT molecular complexity index is 985. The van der Waals surface area contributed by atoms with Crippen molar-refractivity contribution in [1.29, 1.82) is 0 Å². The fourth-order valence-corrected chi connectivity index (χ4v) is 5.51. The van der Waals surface area contributed by atoms with Crippen molar-refractivity contribution in [1.82, 2.24) is 15.1 Å². The molecule has 5 nitrogen and oxygen atoms in total. The summed E-state index contributed by atoms with van der Waals surface area (Å²) in [6.45, 7) is 2.51. The molecular weight excluding hydrogens is 424 g/mol. The molecule has 33 heavy (non-hydrogen) atoms. The Hall–Kier alpha value is -2.51. The fraction of sp³-hybridized carbons (Fsp3) is 0.500. The lowest BCUT2D eigenvalue weighted by Crippen LogP contribution is -2.46. The molecule has 7 heteroatoms. The van der Waals surface area contributed by atoms with E-state index in [4.69, 9.17) is 0 Å². The van der Waals surface area contributed by atoms with Crippen molar-refractivity contribution in [3.63, 3.8) is 0 Å². The zero-order valence-corrected chi connectivity index (χ0v) is 18.8. The zero-order chi connectivity index (χ0) is 22.8. The van der Waals surface area contributed by atoms with Gasteiger partial charge in [0.1, 0.15) is 5.75 Å². The summed E-state index contributed by atoms with van der Waals surface area (Å²) in [5, 5.41) is 3.42. The molecule has 5 rings (SSSR count). The van der Waals surface area contributed by atoms with E-state index in [1.165, 1.54) is 11.1 Å². The number of carbonyl (C=O) groups is 1. The molecule has 3 aliphatic heterocycles. The molecule has 0 bridgehead atoms. The van der Waals surface area contributed by atoms with E-state index in [1.807, 2.05) is 12.1 Å². The summed E-state index contributed by atoms with van der Waals surface area (Å²) in [7, 11) is 0. The van der Waals surface area contributed by atoms with Gasteiger partial charge < -0.3 is 15.0 Å². The average Bonchev–Trinajstić information content (AvgIpc) is 3.16. The highest BCUT2D eigenvalue weighted by Crippen LogP contribution is 2.34. The van der Waals surface area contributed by atoms with Gasteiger partial charge in [0.25, 0.3) is 5.91 Å². The first-order chi connectivity index (χ1) is 16.1. The molecule has 176 valence electrons. The maximum atomic E-state index is 12.9. The lowest BCUT2D eigenvalue weighted by Gasteiger charge is -2.32. The number of likely N-dealkylation sites (tertiary alicyclic amines) is 1. The van der Waals surface area contributed by atoms with Crippen LogP contribution in [0.2, 0.25) is 0 Å².